The maximum Gasteiger partial charge on any atom is 0.413 e. The number of hydrogen-bond donors (Lipinski definition) is 2. The summed E-state index contributed by atoms with van der Waals surface area (Å²) in [5.74, 6) is -1.90. The summed E-state index contributed by atoms with van der Waals surface area (Å²) < 4.78 is 13.9. The lowest BCUT2D eigenvalue weighted by molar-refractivity contribution is -0.583. The molecule has 0 aromatic carbocycles. The lowest BCUT2D eigenvalue weighted by atomic mass is 9.85. The highest BCUT2D eigenvalue weighted by Gasteiger charge is 2.56. The van der Waals surface area contributed by atoms with Gasteiger partial charge in [-0.2, -0.15) is 4.57 Å². The Kier molecular flexibility index (Phi) is 8.80. The van der Waals surface area contributed by atoms with Crippen LogP contribution in [0.3, 0.4) is 0 Å². The number of carbonyl (C=O) groups excluding carboxylic acids is 4. The van der Waals surface area contributed by atoms with E-state index in [1.54, 1.807) is 17.1 Å². The van der Waals surface area contributed by atoms with Gasteiger partial charge in [-0.05, 0) is 6.42 Å². The molecule has 228 valence electrons. The zero-order valence-corrected chi connectivity index (χ0v) is 24.7. The topological polar surface area (TPSA) is 170 Å². The number of fused-ring (bicyclic) bond motifs is 2. The lowest BCUT2D eigenvalue weighted by Crippen LogP contribution is -2.72. The van der Waals surface area contributed by atoms with Crippen LogP contribution in [0.25, 0.3) is 16.7 Å². The zero-order chi connectivity index (χ0) is 31.4. The third-order valence-corrected chi connectivity index (χ3v) is 7.65. The highest BCUT2D eigenvalue weighted by molar-refractivity contribution is 7.14. The fourth-order valence-corrected chi connectivity index (χ4v) is 5.61. The van der Waals surface area contributed by atoms with Crippen LogP contribution in [-0.2, 0) is 35.7 Å². The first kappa shape index (κ1) is 30.1. The van der Waals surface area contributed by atoms with Crippen LogP contribution in [0.2, 0.25) is 0 Å². The molecule has 0 bridgehead atoms. The summed E-state index contributed by atoms with van der Waals surface area (Å²) in [6.07, 6.45) is 8.28. The molecule has 2 atom stereocenters. The molecule has 5 rings (SSSR count). The number of rotatable bonds is 11. The molecule has 2 N–H and O–H groups in total. The van der Waals surface area contributed by atoms with Crippen LogP contribution in [0.5, 0.6) is 0 Å². The molecule has 44 heavy (non-hydrogen) atoms. The quantitative estimate of drug-likeness (QED) is 0.0804. The molecule has 1 unspecified atom stereocenters. The van der Waals surface area contributed by atoms with Gasteiger partial charge in [-0.1, -0.05) is 30.5 Å². The van der Waals surface area contributed by atoms with E-state index in [1.807, 2.05) is 23.9 Å². The molecule has 2 aliphatic rings. The Morgan fingerprint density at radius 3 is 2.77 bits per heavy atom. The Labute approximate surface area is 255 Å². The Bertz CT molecular complexity index is 1730. The number of carbonyl (C=O) groups is 4. The number of anilines is 1. The number of allylic oxidation sites excluding steroid dienone is 1. The maximum atomic E-state index is 13.5. The molecule has 15 nitrogen and oxygen atoms in total. The van der Waals surface area contributed by atoms with Gasteiger partial charge in [-0.3, -0.25) is 19.8 Å². The number of nitrogens with one attached hydrogen (secondary N) is 2. The van der Waals surface area contributed by atoms with Crippen LogP contribution < -0.4 is 15.2 Å². The number of hydrogen-bond acceptors (Lipinski definition) is 11. The predicted octanol–water partition coefficient (Wildman–Crippen LogP) is 1.49. The van der Waals surface area contributed by atoms with Gasteiger partial charge in [-0.25, -0.2) is 19.6 Å². The van der Waals surface area contributed by atoms with Crippen LogP contribution in [0.4, 0.5) is 9.93 Å². The minimum atomic E-state index is -0.942. The zero-order valence-electron chi connectivity index (χ0n) is 23.9. The lowest BCUT2D eigenvalue weighted by Gasteiger charge is -2.49. The standard InChI is InChI=1S/C28H28N8O7S/c1-5-11-42-26(39)23-19(35-10-9-16-20(13-35)34(3)15-29-16)8-7-18-22(25(38)36(18)23)31-24(37)21(33-41-4)17-14-44-27(30-17)32-28(40)43-12-6-2/h5-6,9-10,13-15,18,22H,1-2,7-8,11-12H2,3-4H3,(H-,30,31,32,37,40)/p+1/b33-21-/t18?,22-/m1/s1. The average molecular weight is 622 g/mol. The molecule has 0 spiro atoms. The molecule has 0 radical (unpaired) electrons. The van der Waals surface area contributed by atoms with Crippen molar-refractivity contribution in [3.05, 3.63) is 66.9 Å². The van der Waals surface area contributed by atoms with Crippen molar-refractivity contribution in [3.8, 4) is 0 Å². The van der Waals surface area contributed by atoms with Crippen molar-refractivity contribution < 1.29 is 38.1 Å². The van der Waals surface area contributed by atoms with E-state index in [-0.39, 0.29) is 35.4 Å². The molecule has 3 amide bonds. The first-order valence-electron chi connectivity index (χ1n) is 13.4. The summed E-state index contributed by atoms with van der Waals surface area (Å²) in [5.41, 5.74) is 2.18. The van der Waals surface area contributed by atoms with E-state index in [2.05, 4.69) is 38.9 Å². The number of esters is 1. The Hall–Kier alpha value is -5.38. The third-order valence-electron chi connectivity index (χ3n) is 6.89. The van der Waals surface area contributed by atoms with Gasteiger partial charge in [0.2, 0.25) is 11.9 Å². The number of nitrogens with zero attached hydrogens (tertiary/aromatic N) is 6. The van der Waals surface area contributed by atoms with E-state index < -0.39 is 36.0 Å². The van der Waals surface area contributed by atoms with Gasteiger partial charge in [-0.15, -0.1) is 11.3 Å². The van der Waals surface area contributed by atoms with E-state index in [0.717, 1.165) is 22.4 Å². The van der Waals surface area contributed by atoms with E-state index in [9.17, 15) is 19.2 Å². The van der Waals surface area contributed by atoms with Crippen molar-refractivity contribution in [2.75, 3.05) is 25.6 Å². The van der Waals surface area contributed by atoms with E-state index in [4.69, 9.17) is 14.3 Å². The molecular weight excluding hydrogens is 592 g/mol. The molecule has 16 heteroatoms. The highest BCUT2D eigenvalue weighted by atomic mass is 32.1. The summed E-state index contributed by atoms with van der Waals surface area (Å²) in [6, 6.07) is 0.365. The van der Waals surface area contributed by atoms with Crippen LogP contribution in [-0.4, -0.2) is 81.4 Å². The number of aryl methyl sites for hydroxylation is 1. The van der Waals surface area contributed by atoms with Gasteiger partial charge >= 0.3 is 12.1 Å². The van der Waals surface area contributed by atoms with E-state index in [0.29, 0.717) is 18.5 Å². The van der Waals surface area contributed by atoms with Crippen LogP contribution in [0, 0.1) is 0 Å². The summed E-state index contributed by atoms with van der Waals surface area (Å²) in [7, 11) is 3.12. The smallest absolute Gasteiger partial charge is 0.413 e. The number of oxime groups is 1. The molecule has 1 saturated heterocycles. The molecule has 1 fully saturated rings. The van der Waals surface area contributed by atoms with Gasteiger partial charge in [0.05, 0.1) is 12.4 Å². The van der Waals surface area contributed by atoms with Gasteiger partial charge in [0, 0.05) is 24.9 Å². The fourth-order valence-electron chi connectivity index (χ4n) is 4.93. The predicted molar refractivity (Wildman–Crippen MR) is 158 cm³/mol. The maximum absolute atomic E-state index is 13.5. The number of thiazole rings is 1. The highest BCUT2D eigenvalue weighted by Crippen LogP contribution is 2.37. The molecule has 3 aromatic heterocycles. The monoisotopic (exact) mass is 621 g/mol. The Balaban J connectivity index is 1.37. The molecule has 5 heterocycles. The van der Waals surface area contributed by atoms with Crippen molar-refractivity contribution in [2.45, 2.75) is 24.9 Å². The number of amides is 3. The average Bonchev–Trinajstić information content (AvgIpc) is 3.64. The van der Waals surface area contributed by atoms with Crippen molar-refractivity contribution in [2.24, 2.45) is 12.2 Å². The van der Waals surface area contributed by atoms with E-state index >= 15 is 0 Å². The van der Waals surface area contributed by atoms with Gasteiger partial charge < -0.3 is 24.2 Å². The molecule has 3 aromatic rings. The molecule has 0 saturated carbocycles. The van der Waals surface area contributed by atoms with Gasteiger partial charge in [0.25, 0.3) is 11.8 Å². The number of imidazole rings is 1. The number of aromatic nitrogens is 4. The van der Waals surface area contributed by atoms with Gasteiger partial charge in [0.15, 0.2) is 22.7 Å². The number of ether oxygens (including phenoxy) is 2. The fraction of sp³-hybridized carbons (Fsp3) is 0.286. The first-order valence-corrected chi connectivity index (χ1v) is 14.2. The second-order valence-electron chi connectivity index (χ2n) is 9.60. The summed E-state index contributed by atoms with van der Waals surface area (Å²) >= 11 is 1.04. The Morgan fingerprint density at radius 1 is 1.25 bits per heavy atom. The second kappa shape index (κ2) is 12.9. The van der Waals surface area contributed by atoms with Gasteiger partial charge in [0.1, 0.15) is 43.1 Å². The summed E-state index contributed by atoms with van der Waals surface area (Å²) in [5, 5.41) is 10.6. The van der Waals surface area contributed by atoms with Crippen molar-refractivity contribution in [3.63, 3.8) is 0 Å². The number of pyridine rings is 1. The normalized spacial score (nSPS) is 17.8. The molecule has 0 aliphatic carbocycles. The van der Waals surface area contributed by atoms with E-state index in [1.165, 1.54) is 29.5 Å². The summed E-state index contributed by atoms with van der Waals surface area (Å²) in [6.45, 7) is 7.04. The molecule has 2 aliphatic heterocycles. The largest absolute Gasteiger partial charge is 0.457 e. The van der Waals surface area contributed by atoms with Crippen molar-refractivity contribution in [1.29, 1.82) is 0 Å². The van der Waals surface area contributed by atoms with Crippen LogP contribution in [0.1, 0.15) is 18.5 Å². The first-order chi connectivity index (χ1) is 21.3. The Morgan fingerprint density at radius 2 is 2.02 bits per heavy atom. The minimum Gasteiger partial charge on any atom is -0.457 e. The third kappa shape index (κ3) is 5.78. The second-order valence-corrected chi connectivity index (χ2v) is 10.5. The summed E-state index contributed by atoms with van der Waals surface area (Å²) in [4.78, 5) is 66.7. The number of β-lactam (4-membered cyclic amide) rings is 1. The molecular formula is C28H29N8O7S+. The van der Waals surface area contributed by atoms with Crippen LogP contribution in [0.15, 0.2) is 66.3 Å². The van der Waals surface area contributed by atoms with Crippen molar-refractivity contribution in [1.82, 2.24) is 24.8 Å². The van der Waals surface area contributed by atoms with Crippen LogP contribution >= 0.6 is 11.3 Å². The SMILES string of the molecule is C=CCOC(=O)Nc1nc(/C(=N/OC)C(=O)N[C@H]2C(=O)N3C(C(=O)OCC=C)=C([n+]4ccc5ncn(C)c5c4)CCC23)cs1. The van der Waals surface area contributed by atoms with Crippen molar-refractivity contribution >= 4 is 62.8 Å². The minimum absolute atomic E-state index is 0.0130.